The van der Waals surface area contributed by atoms with Crippen LogP contribution in [0.1, 0.15) is 13.8 Å². The molecule has 0 amide bonds. The second-order valence-corrected chi connectivity index (χ2v) is 3.87. The molecule has 50 valence electrons. The molecule has 0 radical (unpaired) electrons. The molecule has 0 N–H and O–H groups in total. The fourth-order valence-corrected chi connectivity index (χ4v) is 1.32. The highest BCUT2D eigenvalue weighted by atomic mass is 28.3. The van der Waals surface area contributed by atoms with Gasteiger partial charge in [-0.2, -0.15) is 0 Å². The zero-order chi connectivity index (χ0) is 6.57. The summed E-state index contributed by atoms with van der Waals surface area (Å²) in [6.45, 7) is 6.05. The average Bonchev–Trinajstić information content (AvgIpc) is 1.65. The first kappa shape index (κ1) is 8.14. The lowest BCUT2D eigenvalue weighted by Gasteiger charge is -2.11. The highest BCUT2D eigenvalue weighted by Gasteiger charge is 2.03. The Bertz CT molecular complexity index is 56.4. The predicted molar refractivity (Wildman–Crippen MR) is 36.2 cm³/mol. The first-order valence-corrected chi connectivity index (χ1v) is 4.94. The van der Waals surface area contributed by atoms with Gasteiger partial charge in [-0.15, -0.1) is 0 Å². The summed E-state index contributed by atoms with van der Waals surface area (Å²) in [4.78, 5) is 0. The van der Waals surface area contributed by atoms with Gasteiger partial charge in [0.05, 0.1) is 0 Å². The quantitative estimate of drug-likeness (QED) is 0.534. The van der Waals surface area contributed by atoms with E-state index in [-0.39, 0.29) is 0 Å². The number of hydrogen-bond acceptors (Lipinski definition) is 2. The summed E-state index contributed by atoms with van der Waals surface area (Å²) in [7, 11) is 0.455. The second-order valence-electron chi connectivity index (χ2n) is 1.99. The molecule has 0 spiro atoms. The first-order chi connectivity index (χ1) is 3.66. The van der Waals surface area contributed by atoms with E-state index in [1.165, 1.54) is 0 Å². The van der Waals surface area contributed by atoms with Crippen molar-refractivity contribution in [2.45, 2.75) is 26.5 Å². The Labute approximate surface area is 52.7 Å². The van der Waals surface area contributed by atoms with Crippen LogP contribution in [-0.4, -0.2) is 22.5 Å². The van der Waals surface area contributed by atoms with Crippen molar-refractivity contribution in [1.29, 1.82) is 0 Å². The first-order valence-electron chi connectivity index (χ1n) is 2.85. The summed E-state index contributed by atoms with van der Waals surface area (Å²) < 4.78 is 10.3. The summed E-state index contributed by atoms with van der Waals surface area (Å²) >= 11 is 0. The highest BCUT2D eigenvalue weighted by Crippen LogP contribution is 1.92. The standard InChI is InChI=1S/C5H14O2Si/c1-5(2)7-8(4)6-3/h5,8H,1-4H3. The molecule has 0 bridgehead atoms. The summed E-state index contributed by atoms with van der Waals surface area (Å²) in [5.74, 6) is 0. The zero-order valence-corrected chi connectivity index (χ0v) is 7.13. The van der Waals surface area contributed by atoms with Crippen molar-refractivity contribution in [3.63, 3.8) is 0 Å². The van der Waals surface area contributed by atoms with Crippen LogP contribution in [0.25, 0.3) is 0 Å². The molecule has 3 heteroatoms. The summed E-state index contributed by atoms with van der Waals surface area (Å²) in [5, 5.41) is 0. The van der Waals surface area contributed by atoms with Gasteiger partial charge in [0, 0.05) is 13.2 Å². The maximum absolute atomic E-state index is 5.32. The molecule has 2 nitrogen and oxygen atoms in total. The van der Waals surface area contributed by atoms with E-state index < -0.39 is 9.28 Å². The van der Waals surface area contributed by atoms with E-state index in [4.69, 9.17) is 8.85 Å². The molecule has 0 rings (SSSR count). The van der Waals surface area contributed by atoms with Gasteiger partial charge in [0.1, 0.15) is 0 Å². The Balaban J connectivity index is 3.10. The van der Waals surface area contributed by atoms with Crippen LogP contribution >= 0.6 is 0 Å². The molecule has 8 heavy (non-hydrogen) atoms. The monoisotopic (exact) mass is 134 g/mol. The topological polar surface area (TPSA) is 18.5 Å². The Morgan fingerprint density at radius 1 is 1.38 bits per heavy atom. The molecule has 0 aliphatic carbocycles. The van der Waals surface area contributed by atoms with Crippen molar-refractivity contribution < 1.29 is 8.85 Å². The average molecular weight is 134 g/mol. The minimum atomic E-state index is -1.24. The number of rotatable bonds is 3. The van der Waals surface area contributed by atoms with Gasteiger partial charge in [-0.25, -0.2) is 0 Å². The molecule has 0 aromatic carbocycles. The van der Waals surface area contributed by atoms with Gasteiger partial charge >= 0.3 is 9.28 Å². The van der Waals surface area contributed by atoms with Crippen molar-refractivity contribution in [2.75, 3.05) is 7.11 Å². The SMILES string of the molecule is CO[SiH](C)OC(C)C. The molecule has 0 fully saturated rings. The van der Waals surface area contributed by atoms with E-state index in [0.717, 1.165) is 0 Å². The Morgan fingerprint density at radius 2 is 1.88 bits per heavy atom. The largest absolute Gasteiger partial charge is 0.400 e. The van der Waals surface area contributed by atoms with Crippen LogP contribution in [0, 0.1) is 0 Å². The van der Waals surface area contributed by atoms with E-state index >= 15 is 0 Å². The third-order valence-electron chi connectivity index (χ3n) is 0.796. The minimum absolute atomic E-state index is 0.316. The molecule has 0 saturated heterocycles. The van der Waals surface area contributed by atoms with Crippen LogP contribution in [0.2, 0.25) is 6.55 Å². The third-order valence-corrected chi connectivity index (χ3v) is 2.39. The lowest BCUT2D eigenvalue weighted by atomic mass is 10.5. The zero-order valence-electron chi connectivity index (χ0n) is 5.97. The van der Waals surface area contributed by atoms with Gasteiger partial charge in [-0.1, -0.05) is 0 Å². The third kappa shape index (κ3) is 4.30. The van der Waals surface area contributed by atoms with E-state index in [0.29, 0.717) is 6.10 Å². The van der Waals surface area contributed by atoms with Gasteiger partial charge in [0.25, 0.3) is 0 Å². The molecule has 1 unspecified atom stereocenters. The van der Waals surface area contributed by atoms with Crippen LogP contribution in [0.4, 0.5) is 0 Å². The van der Waals surface area contributed by atoms with Crippen molar-refractivity contribution >= 4 is 9.28 Å². The van der Waals surface area contributed by atoms with E-state index in [1.807, 2.05) is 20.4 Å². The fraction of sp³-hybridized carbons (Fsp3) is 1.00. The van der Waals surface area contributed by atoms with E-state index in [1.54, 1.807) is 7.11 Å². The Morgan fingerprint density at radius 3 is 2.00 bits per heavy atom. The smallest absolute Gasteiger partial charge is 0.318 e. The molecule has 0 heterocycles. The number of hydrogen-bond donors (Lipinski definition) is 0. The van der Waals surface area contributed by atoms with Crippen LogP contribution in [0.3, 0.4) is 0 Å². The van der Waals surface area contributed by atoms with Gasteiger partial charge < -0.3 is 8.85 Å². The van der Waals surface area contributed by atoms with E-state index in [2.05, 4.69) is 0 Å². The predicted octanol–water partition coefficient (Wildman–Crippen LogP) is 0.908. The molecular formula is C5H14O2Si. The minimum Gasteiger partial charge on any atom is -0.400 e. The Kier molecular flexibility index (Phi) is 4.13. The lowest BCUT2D eigenvalue weighted by molar-refractivity contribution is 0.183. The van der Waals surface area contributed by atoms with Gasteiger partial charge in [-0.3, -0.25) is 0 Å². The molecule has 0 aliphatic heterocycles. The summed E-state index contributed by atoms with van der Waals surface area (Å²) in [6, 6.07) is 0. The summed E-state index contributed by atoms with van der Waals surface area (Å²) in [5.41, 5.74) is 0. The van der Waals surface area contributed by atoms with Gasteiger partial charge in [0.2, 0.25) is 0 Å². The van der Waals surface area contributed by atoms with Crippen LogP contribution in [0.15, 0.2) is 0 Å². The normalized spacial score (nSPS) is 14.6. The molecule has 1 atom stereocenters. The maximum Gasteiger partial charge on any atom is 0.318 e. The van der Waals surface area contributed by atoms with Crippen molar-refractivity contribution in [1.82, 2.24) is 0 Å². The molecule has 0 aliphatic rings. The van der Waals surface area contributed by atoms with Crippen LogP contribution in [0.5, 0.6) is 0 Å². The second kappa shape index (κ2) is 4.06. The van der Waals surface area contributed by atoms with E-state index in [9.17, 15) is 0 Å². The Hall–Kier alpha value is 0.137. The summed E-state index contributed by atoms with van der Waals surface area (Å²) in [6.07, 6.45) is 0.316. The molecule has 0 aromatic rings. The lowest BCUT2D eigenvalue weighted by Crippen LogP contribution is -2.20. The maximum atomic E-state index is 5.32. The van der Waals surface area contributed by atoms with Gasteiger partial charge in [-0.05, 0) is 20.4 Å². The van der Waals surface area contributed by atoms with Crippen LogP contribution < -0.4 is 0 Å². The molecule has 0 saturated carbocycles. The molecular weight excluding hydrogens is 120 g/mol. The fourth-order valence-electron chi connectivity index (χ4n) is 0.439. The highest BCUT2D eigenvalue weighted by molar-refractivity contribution is 6.42. The molecule has 0 aromatic heterocycles. The van der Waals surface area contributed by atoms with Crippen molar-refractivity contribution in [2.24, 2.45) is 0 Å². The van der Waals surface area contributed by atoms with Crippen molar-refractivity contribution in [3.8, 4) is 0 Å². The van der Waals surface area contributed by atoms with Crippen molar-refractivity contribution in [3.05, 3.63) is 0 Å². The van der Waals surface area contributed by atoms with Crippen LogP contribution in [-0.2, 0) is 8.85 Å². The van der Waals surface area contributed by atoms with Gasteiger partial charge in [0.15, 0.2) is 0 Å².